The van der Waals surface area contributed by atoms with Gasteiger partial charge in [-0.1, -0.05) is 55.3 Å². The molecule has 1 nitrogen and oxygen atoms in total. The van der Waals surface area contributed by atoms with Crippen LogP contribution in [-0.2, 0) is 23.8 Å². The van der Waals surface area contributed by atoms with Crippen molar-refractivity contribution < 1.29 is 17.9 Å². The van der Waals surface area contributed by atoms with Gasteiger partial charge in [0.25, 0.3) is 0 Å². The van der Waals surface area contributed by atoms with E-state index < -0.39 is 11.7 Å². The third-order valence-electron chi connectivity index (χ3n) is 5.34. The van der Waals surface area contributed by atoms with Crippen molar-refractivity contribution in [3.63, 3.8) is 0 Å². The highest BCUT2D eigenvalue weighted by Gasteiger charge is 2.34. The van der Waals surface area contributed by atoms with Crippen LogP contribution >= 0.6 is 0 Å². The van der Waals surface area contributed by atoms with Gasteiger partial charge in [-0.25, -0.2) is 0 Å². The molecule has 4 heteroatoms. The highest BCUT2D eigenvalue weighted by molar-refractivity contribution is 5.85. The molecule has 3 rings (SSSR count). The number of ether oxygens (including phenoxy) is 1. The second-order valence-corrected chi connectivity index (χ2v) is 7.40. The van der Waals surface area contributed by atoms with E-state index in [-0.39, 0.29) is 0 Å². The number of unbranched alkanes of at least 4 members (excludes halogenated alkanes) is 3. The van der Waals surface area contributed by atoms with Crippen molar-refractivity contribution in [2.75, 3.05) is 13.7 Å². The number of rotatable bonds is 8. The van der Waals surface area contributed by atoms with E-state index in [0.29, 0.717) is 12.0 Å². The van der Waals surface area contributed by atoms with E-state index in [1.54, 1.807) is 19.2 Å². The first kappa shape index (κ1) is 20.7. The zero-order valence-corrected chi connectivity index (χ0v) is 16.3. The monoisotopic (exact) mass is 388 g/mol. The van der Waals surface area contributed by atoms with E-state index in [4.69, 9.17) is 4.74 Å². The summed E-state index contributed by atoms with van der Waals surface area (Å²) in [6, 6.07) is 12.3. The quantitative estimate of drug-likeness (QED) is 0.445. The molecule has 0 spiro atoms. The zero-order chi connectivity index (χ0) is 20.0. The van der Waals surface area contributed by atoms with E-state index in [1.165, 1.54) is 36.1 Å². The van der Waals surface area contributed by atoms with Crippen molar-refractivity contribution in [2.45, 2.75) is 51.1 Å². The van der Waals surface area contributed by atoms with Gasteiger partial charge in [-0.2, -0.15) is 13.2 Å². The van der Waals surface area contributed by atoms with Crippen molar-refractivity contribution in [1.82, 2.24) is 0 Å². The maximum absolute atomic E-state index is 13.3. The van der Waals surface area contributed by atoms with E-state index in [9.17, 15) is 13.2 Å². The number of aryl methyl sites for hydroxylation is 2. The minimum absolute atomic E-state index is 0.306. The Labute approximate surface area is 165 Å². The number of alkyl halides is 3. The fraction of sp³-hybridized carbons (Fsp3) is 0.417. The summed E-state index contributed by atoms with van der Waals surface area (Å²) >= 11 is 0. The molecule has 0 amide bonds. The molecule has 0 radical (unpaired) electrons. The Hall–Kier alpha value is -2.07. The number of halogens is 3. The maximum atomic E-state index is 13.3. The second-order valence-electron chi connectivity index (χ2n) is 7.40. The average Bonchev–Trinajstić information content (AvgIpc) is 2.69. The molecule has 2 aromatic carbocycles. The van der Waals surface area contributed by atoms with Crippen molar-refractivity contribution in [2.24, 2.45) is 0 Å². The molecule has 0 aliphatic heterocycles. The van der Waals surface area contributed by atoms with Gasteiger partial charge in [0.15, 0.2) is 0 Å². The Bertz CT molecular complexity index is 821. The van der Waals surface area contributed by atoms with Crippen molar-refractivity contribution in [3.05, 3.63) is 70.3 Å². The van der Waals surface area contributed by atoms with Crippen LogP contribution in [-0.4, -0.2) is 13.7 Å². The molecule has 0 heterocycles. The number of allylic oxidation sites excluding steroid dienone is 1. The molecule has 0 atom stereocenters. The van der Waals surface area contributed by atoms with Crippen LogP contribution in [0.1, 0.15) is 59.9 Å². The Morgan fingerprint density at radius 3 is 2.50 bits per heavy atom. The van der Waals surface area contributed by atoms with Crippen LogP contribution in [0.4, 0.5) is 13.2 Å². The number of hydrogen-bond donors (Lipinski definition) is 0. The first-order valence-corrected chi connectivity index (χ1v) is 9.97. The lowest BCUT2D eigenvalue weighted by atomic mass is 9.85. The van der Waals surface area contributed by atoms with E-state index in [1.807, 2.05) is 6.08 Å². The first-order valence-electron chi connectivity index (χ1n) is 9.97. The maximum Gasteiger partial charge on any atom is 0.416 e. The largest absolute Gasteiger partial charge is 0.416 e. The first-order chi connectivity index (χ1) is 13.5. The smallest absolute Gasteiger partial charge is 0.385 e. The summed E-state index contributed by atoms with van der Waals surface area (Å²) in [7, 11) is 1.73. The summed E-state index contributed by atoms with van der Waals surface area (Å²) in [6.45, 7) is 0.824. The van der Waals surface area contributed by atoms with Crippen LogP contribution < -0.4 is 0 Å². The lowest BCUT2D eigenvalue weighted by Crippen LogP contribution is -2.10. The van der Waals surface area contributed by atoms with Crippen LogP contribution in [0.25, 0.3) is 11.6 Å². The predicted molar refractivity (Wildman–Crippen MR) is 108 cm³/mol. The molecular weight excluding hydrogens is 361 g/mol. The molecule has 1 aliphatic carbocycles. The standard InChI is InChI=1S/C24H27F3O/c1-28-15-7-3-2-4-8-18-11-12-20-17-21(14-13-19(20)16-18)22-9-5-6-10-23(22)24(25,26)27/h5-6,9-12,16-17H,2-4,7-8,13-15H2,1H3. The zero-order valence-electron chi connectivity index (χ0n) is 16.3. The Morgan fingerprint density at radius 2 is 1.71 bits per heavy atom. The number of fused-ring (bicyclic) bond motifs is 1. The highest BCUT2D eigenvalue weighted by atomic mass is 19.4. The Morgan fingerprint density at radius 1 is 0.929 bits per heavy atom. The summed E-state index contributed by atoms with van der Waals surface area (Å²) in [4.78, 5) is 0. The van der Waals surface area contributed by atoms with E-state index in [0.717, 1.165) is 43.4 Å². The van der Waals surface area contributed by atoms with Crippen LogP contribution in [0.2, 0.25) is 0 Å². The second kappa shape index (κ2) is 9.42. The summed E-state index contributed by atoms with van der Waals surface area (Å²) in [5.41, 5.74) is 4.13. The minimum atomic E-state index is -4.33. The summed E-state index contributed by atoms with van der Waals surface area (Å²) in [6.07, 6.45) is 4.71. The molecule has 28 heavy (non-hydrogen) atoms. The van der Waals surface area contributed by atoms with Crippen LogP contribution in [0, 0.1) is 0 Å². The topological polar surface area (TPSA) is 9.23 Å². The van der Waals surface area contributed by atoms with Gasteiger partial charge in [-0.3, -0.25) is 0 Å². The molecule has 0 unspecified atom stereocenters. The van der Waals surface area contributed by atoms with Gasteiger partial charge >= 0.3 is 6.18 Å². The molecule has 0 N–H and O–H groups in total. The van der Waals surface area contributed by atoms with Gasteiger partial charge in [0.1, 0.15) is 0 Å². The van der Waals surface area contributed by atoms with Gasteiger partial charge < -0.3 is 4.74 Å². The molecule has 0 bridgehead atoms. The highest BCUT2D eigenvalue weighted by Crippen LogP contribution is 2.39. The molecular formula is C24H27F3O. The van der Waals surface area contributed by atoms with Gasteiger partial charge in [-0.15, -0.1) is 0 Å². The summed E-state index contributed by atoms with van der Waals surface area (Å²) in [5, 5.41) is 0. The molecule has 1 aliphatic rings. The summed E-state index contributed by atoms with van der Waals surface area (Å²) in [5.74, 6) is 0. The predicted octanol–water partition coefficient (Wildman–Crippen LogP) is 6.94. The van der Waals surface area contributed by atoms with E-state index in [2.05, 4.69) is 18.2 Å². The third kappa shape index (κ3) is 5.26. The normalized spacial score (nSPS) is 13.9. The van der Waals surface area contributed by atoms with Crippen LogP contribution in [0.5, 0.6) is 0 Å². The van der Waals surface area contributed by atoms with Gasteiger partial charge in [-0.05, 0) is 66.0 Å². The fourth-order valence-electron chi connectivity index (χ4n) is 3.85. The Kier molecular flexibility index (Phi) is 6.95. The third-order valence-corrected chi connectivity index (χ3v) is 5.34. The summed E-state index contributed by atoms with van der Waals surface area (Å²) < 4.78 is 45.1. The molecule has 0 fully saturated rings. The van der Waals surface area contributed by atoms with Gasteiger partial charge in [0.05, 0.1) is 5.56 Å². The number of methoxy groups -OCH3 is 1. The molecule has 2 aromatic rings. The van der Waals surface area contributed by atoms with E-state index >= 15 is 0 Å². The molecule has 0 aromatic heterocycles. The average molecular weight is 388 g/mol. The number of hydrogen-bond acceptors (Lipinski definition) is 1. The molecule has 0 saturated carbocycles. The van der Waals surface area contributed by atoms with Crippen molar-refractivity contribution in [3.8, 4) is 0 Å². The molecule has 150 valence electrons. The molecule has 0 saturated heterocycles. The van der Waals surface area contributed by atoms with Crippen molar-refractivity contribution in [1.29, 1.82) is 0 Å². The SMILES string of the molecule is COCCCCCCc1ccc2c(c1)CCC(c1ccccc1C(F)(F)F)=C2. The van der Waals surface area contributed by atoms with Crippen LogP contribution in [0.3, 0.4) is 0 Å². The van der Waals surface area contributed by atoms with Crippen LogP contribution in [0.15, 0.2) is 42.5 Å². The Balaban J connectivity index is 1.70. The number of benzene rings is 2. The van der Waals surface area contributed by atoms with Gasteiger partial charge in [0, 0.05) is 13.7 Å². The van der Waals surface area contributed by atoms with Crippen molar-refractivity contribution >= 4 is 11.6 Å². The minimum Gasteiger partial charge on any atom is -0.385 e. The lowest BCUT2D eigenvalue weighted by Gasteiger charge is -2.20. The lowest BCUT2D eigenvalue weighted by molar-refractivity contribution is -0.137. The fourth-order valence-corrected chi connectivity index (χ4v) is 3.85. The van der Waals surface area contributed by atoms with Gasteiger partial charge in [0.2, 0.25) is 0 Å².